The molecule has 106 valence electrons. The van der Waals surface area contributed by atoms with E-state index < -0.39 is 15.1 Å². The molecule has 1 aromatic carbocycles. The number of nitrogens with zero attached hydrogens (tertiary/aromatic N) is 1. The highest BCUT2D eigenvalue weighted by Gasteiger charge is 2.24. The third-order valence-electron chi connectivity index (χ3n) is 3.04. The molecule has 6 heteroatoms. The number of hydrogen-bond donors (Lipinski definition) is 0. The van der Waals surface area contributed by atoms with Gasteiger partial charge in [-0.1, -0.05) is 30.3 Å². The van der Waals surface area contributed by atoms with E-state index in [0.717, 1.165) is 17.5 Å². The minimum atomic E-state index is -3.34. The number of hydrogen-bond acceptors (Lipinski definition) is 5. The molecule has 0 radical (unpaired) electrons. The van der Waals surface area contributed by atoms with Crippen molar-refractivity contribution >= 4 is 27.0 Å². The Kier molecular flexibility index (Phi) is 4.35. The first-order valence-corrected chi connectivity index (χ1v) is 8.93. The second-order valence-electron chi connectivity index (χ2n) is 4.61. The molecular formula is C14H15NO3S2. The standard InChI is InChI=1S/C14H15NO3S2/c1-10(20(2,17)18)13(16)8-14-15-12(9-19-14)11-6-4-3-5-7-11/h3-7,9-10H,8H2,1-2H3. The molecule has 20 heavy (non-hydrogen) atoms. The van der Waals surface area contributed by atoms with Crippen molar-refractivity contribution in [2.45, 2.75) is 18.6 Å². The Labute approximate surface area is 122 Å². The zero-order valence-corrected chi connectivity index (χ0v) is 12.9. The van der Waals surface area contributed by atoms with E-state index in [1.165, 1.54) is 18.3 Å². The van der Waals surface area contributed by atoms with Crippen molar-refractivity contribution < 1.29 is 13.2 Å². The van der Waals surface area contributed by atoms with Crippen LogP contribution in [-0.2, 0) is 21.1 Å². The van der Waals surface area contributed by atoms with Crippen LogP contribution in [0.3, 0.4) is 0 Å². The van der Waals surface area contributed by atoms with Gasteiger partial charge in [0.05, 0.1) is 12.1 Å². The van der Waals surface area contributed by atoms with E-state index in [4.69, 9.17) is 0 Å². The number of aromatic nitrogens is 1. The lowest BCUT2D eigenvalue weighted by atomic mass is 10.2. The van der Waals surface area contributed by atoms with E-state index in [1.54, 1.807) is 0 Å². The van der Waals surface area contributed by atoms with E-state index >= 15 is 0 Å². The van der Waals surface area contributed by atoms with Gasteiger partial charge in [-0.05, 0) is 6.92 Å². The van der Waals surface area contributed by atoms with Crippen molar-refractivity contribution in [2.75, 3.05) is 6.26 Å². The van der Waals surface area contributed by atoms with Gasteiger partial charge < -0.3 is 0 Å². The Morgan fingerprint density at radius 1 is 1.30 bits per heavy atom. The number of carbonyl (C=O) groups excluding carboxylic acids is 1. The van der Waals surface area contributed by atoms with Gasteiger partial charge in [0.25, 0.3) is 0 Å². The zero-order valence-electron chi connectivity index (χ0n) is 11.2. The van der Waals surface area contributed by atoms with E-state index in [-0.39, 0.29) is 12.2 Å². The maximum atomic E-state index is 11.9. The number of thiazole rings is 1. The van der Waals surface area contributed by atoms with Crippen molar-refractivity contribution in [2.24, 2.45) is 0 Å². The van der Waals surface area contributed by atoms with Gasteiger partial charge in [0.2, 0.25) is 0 Å². The Morgan fingerprint density at radius 3 is 2.55 bits per heavy atom. The average Bonchev–Trinajstić information content (AvgIpc) is 2.86. The van der Waals surface area contributed by atoms with Crippen LogP contribution < -0.4 is 0 Å². The number of carbonyl (C=O) groups is 1. The van der Waals surface area contributed by atoms with Gasteiger partial charge in [0, 0.05) is 17.2 Å². The monoisotopic (exact) mass is 309 g/mol. The van der Waals surface area contributed by atoms with Crippen LogP contribution >= 0.6 is 11.3 Å². The normalized spacial score (nSPS) is 13.1. The smallest absolute Gasteiger partial charge is 0.157 e. The van der Waals surface area contributed by atoms with E-state index in [1.807, 2.05) is 35.7 Å². The van der Waals surface area contributed by atoms with Crippen molar-refractivity contribution in [3.8, 4) is 11.3 Å². The summed E-state index contributed by atoms with van der Waals surface area (Å²) < 4.78 is 22.7. The van der Waals surface area contributed by atoms with Gasteiger partial charge in [0.15, 0.2) is 15.6 Å². The summed E-state index contributed by atoms with van der Waals surface area (Å²) >= 11 is 1.37. The Balaban J connectivity index is 2.13. The molecule has 4 nitrogen and oxygen atoms in total. The molecule has 2 rings (SSSR count). The molecule has 0 aliphatic heterocycles. The average molecular weight is 309 g/mol. The van der Waals surface area contributed by atoms with Crippen LogP contribution in [0.25, 0.3) is 11.3 Å². The third-order valence-corrected chi connectivity index (χ3v) is 5.44. The third kappa shape index (κ3) is 3.52. The lowest BCUT2D eigenvalue weighted by Gasteiger charge is -2.06. The predicted molar refractivity (Wildman–Crippen MR) is 80.6 cm³/mol. The van der Waals surface area contributed by atoms with Crippen molar-refractivity contribution in [3.63, 3.8) is 0 Å². The molecule has 1 unspecified atom stereocenters. The second kappa shape index (κ2) is 5.85. The molecule has 1 aromatic heterocycles. The summed E-state index contributed by atoms with van der Waals surface area (Å²) in [5.41, 5.74) is 1.80. The van der Waals surface area contributed by atoms with Crippen LogP contribution in [0.15, 0.2) is 35.7 Å². The summed E-state index contributed by atoms with van der Waals surface area (Å²) in [7, 11) is -3.34. The van der Waals surface area contributed by atoms with Gasteiger partial charge in [-0.15, -0.1) is 11.3 Å². The van der Waals surface area contributed by atoms with Crippen molar-refractivity contribution in [3.05, 3.63) is 40.7 Å². The zero-order chi connectivity index (χ0) is 14.8. The molecule has 0 fully saturated rings. The van der Waals surface area contributed by atoms with Crippen LogP contribution in [-0.4, -0.2) is 30.7 Å². The van der Waals surface area contributed by atoms with E-state index in [0.29, 0.717) is 5.01 Å². The summed E-state index contributed by atoms with van der Waals surface area (Å²) in [6.07, 6.45) is 1.14. The van der Waals surface area contributed by atoms with E-state index in [9.17, 15) is 13.2 Å². The largest absolute Gasteiger partial charge is 0.298 e. The molecule has 0 aliphatic rings. The molecule has 0 saturated heterocycles. The van der Waals surface area contributed by atoms with Crippen molar-refractivity contribution in [1.29, 1.82) is 0 Å². The maximum absolute atomic E-state index is 11.9. The lowest BCUT2D eigenvalue weighted by Crippen LogP contribution is -2.27. The molecular weight excluding hydrogens is 294 g/mol. The fraction of sp³-hybridized carbons (Fsp3) is 0.286. The molecule has 2 aromatic rings. The van der Waals surface area contributed by atoms with Crippen LogP contribution in [0.2, 0.25) is 0 Å². The first-order chi connectivity index (χ1) is 9.38. The lowest BCUT2D eigenvalue weighted by molar-refractivity contribution is -0.117. The second-order valence-corrected chi connectivity index (χ2v) is 7.92. The Hall–Kier alpha value is -1.53. The number of ketones is 1. The SMILES string of the molecule is CC(C(=O)Cc1nc(-c2ccccc2)cs1)S(C)(=O)=O. The highest BCUT2D eigenvalue weighted by atomic mass is 32.2. The maximum Gasteiger partial charge on any atom is 0.157 e. The molecule has 0 bridgehead atoms. The first-order valence-electron chi connectivity index (χ1n) is 6.09. The van der Waals surface area contributed by atoms with Crippen LogP contribution in [0.5, 0.6) is 0 Å². The molecule has 1 atom stereocenters. The summed E-state index contributed by atoms with van der Waals surface area (Å²) in [6, 6.07) is 9.66. The topological polar surface area (TPSA) is 64.1 Å². The molecule has 0 N–H and O–H groups in total. The Morgan fingerprint density at radius 2 is 1.95 bits per heavy atom. The number of sulfone groups is 1. The molecule has 0 aliphatic carbocycles. The number of benzene rings is 1. The van der Waals surface area contributed by atoms with Crippen LogP contribution in [0.4, 0.5) is 0 Å². The van der Waals surface area contributed by atoms with Gasteiger partial charge >= 0.3 is 0 Å². The summed E-state index contributed by atoms with van der Waals surface area (Å²) in [4.78, 5) is 16.3. The molecule has 0 spiro atoms. The van der Waals surface area contributed by atoms with Crippen LogP contribution in [0, 0.1) is 0 Å². The molecule has 1 heterocycles. The molecule has 0 amide bonds. The number of Topliss-reactive ketones (excluding diaryl/α,β-unsaturated/α-hetero) is 1. The van der Waals surface area contributed by atoms with Crippen molar-refractivity contribution in [1.82, 2.24) is 4.98 Å². The predicted octanol–water partition coefficient (Wildman–Crippen LogP) is 2.35. The first kappa shape index (κ1) is 14.9. The van der Waals surface area contributed by atoms with Crippen LogP contribution in [0.1, 0.15) is 11.9 Å². The summed E-state index contributed by atoms with van der Waals surface area (Å²) in [5, 5.41) is 1.54. The number of rotatable bonds is 5. The highest BCUT2D eigenvalue weighted by Crippen LogP contribution is 2.22. The summed E-state index contributed by atoms with van der Waals surface area (Å²) in [6.45, 7) is 1.42. The molecule has 0 saturated carbocycles. The summed E-state index contributed by atoms with van der Waals surface area (Å²) in [5.74, 6) is -0.318. The fourth-order valence-corrected chi connectivity index (χ4v) is 3.04. The van der Waals surface area contributed by atoms with Gasteiger partial charge in [0.1, 0.15) is 10.3 Å². The van der Waals surface area contributed by atoms with Gasteiger partial charge in [-0.2, -0.15) is 0 Å². The quantitative estimate of drug-likeness (QED) is 0.850. The van der Waals surface area contributed by atoms with Gasteiger partial charge in [-0.3, -0.25) is 4.79 Å². The highest BCUT2D eigenvalue weighted by molar-refractivity contribution is 7.92. The van der Waals surface area contributed by atoms with Gasteiger partial charge in [-0.25, -0.2) is 13.4 Å². The Bertz CT molecular complexity index is 705. The minimum absolute atomic E-state index is 0.0612. The minimum Gasteiger partial charge on any atom is -0.298 e. The fourth-order valence-electron chi connectivity index (χ4n) is 1.67. The van der Waals surface area contributed by atoms with E-state index in [2.05, 4.69) is 4.98 Å².